The summed E-state index contributed by atoms with van der Waals surface area (Å²) in [6.07, 6.45) is 6.62. The number of hydrogen-bond acceptors (Lipinski definition) is 4. The fourth-order valence-electron chi connectivity index (χ4n) is 4.60. The summed E-state index contributed by atoms with van der Waals surface area (Å²) >= 11 is 0. The smallest absolute Gasteiger partial charge is 0.260 e. The predicted octanol–water partition coefficient (Wildman–Crippen LogP) is 3.34. The van der Waals surface area contributed by atoms with Gasteiger partial charge in [-0.05, 0) is 69.1 Å². The van der Waals surface area contributed by atoms with Crippen LogP contribution in [0.25, 0.3) is 0 Å². The molecule has 4 rings (SSSR count). The van der Waals surface area contributed by atoms with Crippen molar-refractivity contribution in [3.8, 4) is 5.75 Å². The first-order chi connectivity index (χ1) is 13.1. The lowest BCUT2D eigenvalue weighted by molar-refractivity contribution is -0.143. The Hall–Kier alpha value is -1.59. The molecule has 1 aromatic carbocycles. The number of benzene rings is 1. The van der Waals surface area contributed by atoms with Crippen LogP contribution in [0.5, 0.6) is 5.75 Å². The molecule has 0 bridgehead atoms. The van der Waals surface area contributed by atoms with Crippen molar-refractivity contribution in [3.63, 3.8) is 0 Å². The fourth-order valence-corrected chi connectivity index (χ4v) is 4.60. The van der Waals surface area contributed by atoms with Crippen LogP contribution in [0.1, 0.15) is 44.1 Å². The summed E-state index contributed by atoms with van der Waals surface area (Å²) in [4.78, 5) is 14.9. The van der Waals surface area contributed by atoms with E-state index in [0.29, 0.717) is 0 Å². The molecule has 3 atom stereocenters. The first kappa shape index (κ1) is 18.8. The number of carbonyl (C=O) groups is 1. The SMILES string of the molecule is CO[C@@]12CC[C@@H](OCC3CC3)C[C@@H]1N(C(=O)COc1cccc(C)c1)CC2. The van der Waals surface area contributed by atoms with Crippen LogP contribution in [0.3, 0.4) is 0 Å². The molecule has 0 spiro atoms. The van der Waals surface area contributed by atoms with Gasteiger partial charge in [-0.2, -0.15) is 0 Å². The number of amides is 1. The third-order valence-electron chi connectivity index (χ3n) is 6.48. The van der Waals surface area contributed by atoms with Crippen molar-refractivity contribution in [2.75, 3.05) is 26.9 Å². The van der Waals surface area contributed by atoms with Gasteiger partial charge in [0.25, 0.3) is 5.91 Å². The van der Waals surface area contributed by atoms with E-state index in [1.165, 1.54) is 12.8 Å². The minimum atomic E-state index is -0.210. The third kappa shape index (κ3) is 4.14. The molecule has 5 nitrogen and oxygen atoms in total. The maximum absolute atomic E-state index is 12.9. The molecule has 0 unspecified atom stereocenters. The van der Waals surface area contributed by atoms with Crippen LogP contribution >= 0.6 is 0 Å². The molecule has 2 saturated carbocycles. The molecule has 1 aromatic rings. The number of methoxy groups -OCH3 is 1. The van der Waals surface area contributed by atoms with Crippen LogP contribution in [0.4, 0.5) is 0 Å². The standard InChI is InChI=1S/C22H31NO4/c1-16-4-3-5-18(12-16)27-15-21(24)23-11-10-22(25-2)9-8-19(13-20(22)23)26-14-17-6-7-17/h3-5,12,17,19-20H,6-11,13-15H2,1-2H3/t19-,20+,22-/m1/s1. The zero-order valence-corrected chi connectivity index (χ0v) is 16.5. The van der Waals surface area contributed by atoms with Crippen molar-refractivity contribution >= 4 is 5.91 Å². The zero-order valence-electron chi connectivity index (χ0n) is 16.5. The van der Waals surface area contributed by atoms with Gasteiger partial charge in [-0.1, -0.05) is 12.1 Å². The fraction of sp³-hybridized carbons (Fsp3) is 0.682. The summed E-state index contributed by atoms with van der Waals surface area (Å²) in [5.41, 5.74) is 0.917. The molecule has 148 valence electrons. The monoisotopic (exact) mass is 373 g/mol. The molecule has 2 aliphatic carbocycles. The second kappa shape index (κ2) is 7.80. The van der Waals surface area contributed by atoms with Crippen molar-refractivity contribution < 1.29 is 19.0 Å². The van der Waals surface area contributed by atoms with Crippen LogP contribution in [0, 0.1) is 12.8 Å². The maximum atomic E-state index is 12.9. The molecule has 3 fully saturated rings. The van der Waals surface area contributed by atoms with Crippen molar-refractivity contribution in [1.29, 1.82) is 0 Å². The van der Waals surface area contributed by atoms with E-state index in [1.807, 2.05) is 36.1 Å². The lowest BCUT2D eigenvalue weighted by atomic mass is 9.79. The summed E-state index contributed by atoms with van der Waals surface area (Å²) in [6, 6.07) is 7.91. The van der Waals surface area contributed by atoms with E-state index in [2.05, 4.69) is 0 Å². The van der Waals surface area contributed by atoms with Gasteiger partial charge in [-0.3, -0.25) is 4.79 Å². The second-order valence-electron chi connectivity index (χ2n) is 8.40. The number of aryl methyl sites for hydroxylation is 1. The Balaban J connectivity index is 1.38. The number of ether oxygens (including phenoxy) is 3. The van der Waals surface area contributed by atoms with Crippen LogP contribution in [-0.4, -0.2) is 55.4 Å². The highest BCUT2D eigenvalue weighted by molar-refractivity contribution is 5.78. The molecule has 0 aromatic heterocycles. The van der Waals surface area contributed by atoms with Gasteiger partial charge in [0.2, 0.25) is 0 Å². The highest BCUT2D eigenvalue weighted by Crippen LogP contribution is 2.43. The first-order valence-electron chi connectivity index (χ1n) is 10.3. The summed E-state index contributed by atoms with van der Waals surface area (Å²) in [5, 5.41) is 0. The molecule has 1 aliphatic heterocycles. The van der Waals surface area contributed by atoms with E-state index in [-0.39, 0.29) is 30.3 Å². The molecule has 1 heterocycles. The van der Waals surface area contributed by atoms with Crippen molar-refractivity contribution in [2.24, 2.45) is 5.92 Å². The van der Waals surface area contributed by atoms with Gasteiger partial charge >= 0.3 is 0 Å². The van der Waals surface area contributed by atoms with E-state index in [1.54, 1.807) is 7.11 Å². The van der Waals surface area contributed by atoms with Crippen LogP contribution in [-0.2, 0) is 14.3 Å². The number of rotatable bonds is 7. The average Bonchev–Trinajstić information content (AvgIpc) is 3.43. The predicted molar refractivity (Wildman–Crippen MR) is 103 cm³/mol. The van der Waals surface area contributed by atoms with Crippen molar-refractivity contribution in [3.05, 3.63) is 29.8 Å². The Kier molecular flexibility index (Phi) is 5.42. The topological polar surface area (TPSA) is 48.0 Å². The van der Waals surface area contributed by atoms with Gasteiger partial charge < -0.3 is 19.1 Å². The Labute approximate surface area is 162 Å². The van der Waals surface area contributed by atoms with Crippen LogP contribution in [0.2, 0.25) is 0 Å². The number of likely N-dealkylation sites (tertiary alicyclic amines) is 1. The van der Waals surface area contributed by atoms with Crippen molar-refractivity contribution in [2.45, 2.75) is 63.2 Å². The Morgan fingerprint density at radius 1 is 1.26 bits per heavy atom. The molecule has 0 N–H and O–H groups in total. The summed E-state index contributed by atoms with van der Waals surface area (Å²) in [7, 11) is 1.79. The quantitative estimate of drug-likeness (QED) is 0.735. The normalized spacial score (nSPS) is 30.2. The minimum absolute atomic E-state index is 0.0447. The Bertz CT molecular complexity index is 674. The lowest BCUT2D eigenvalue weighted by Gasteiger charge is -2.43. The second-order valence-corrected chi connectivity index (χ2v) is 8.40. The molecular weight excluding hydrogens is 342 g/mol. The minimum Gasteiger partial charge on any atom is -0.484 e. The summed E-state index contributed by atoms with van der Waals surface area (Å²) < 4.78 is 17.9. The van der Waals surface area contributed by atoms with Crippen LogP contribution < -0.4 is 4.74 Å². The van der Waals surface area contributed by atoms with E-state index in [0.717, 1.165) is 56.1 Å². The molecule has 5 heteroatoms. The lowest BCUT2D eigenvalue weighted by Crippen LogP contribution is -2.53. The molecule has 0 radical (unpaired) electrons. The number of nitrogens with zero attached hydrogens (tertiary/aromatic N) is 1. The van der Waals surface area contributed by atoms with Gasteiger partial charge in [0.05, 0.1) is 17.7 Å². The van der Waals surface area contributed by atoms with E-state index >= 15 is 0 Å². The first-order valence-corrected chi connectivity index (χ1v) is 10.3. The number of carbonyl (C=O) groups excluding carboxylic acids is 1. The molecule has 3 aliphatic rings. The van der Waals surface area contributed by atoms with Gasteiger partial charge in [-0.15, -0.1) is 0 Å². The molecule has 1 amide bonds. The Morgan fingerprint density at radius 2 is 2.11 bits per heavy atom. The van der Waals surface area contributed by atoms with Gasteiger partial charge in [0.15, 0.2) is 6.61 Å². The summed E-state index contributed by atoms with van der Waals surface area (Å²) in [6.45, 7) is 3.71. The molecule has 1 saturated heterocycles. The largest absolute Gasteiger partial charge is 0.484 e. The number of fused-ring (bicyclic) bond motifs is 1. The summed E-state index contributed by atoms with van der Waals surface area (Å²) in [5.74, 6) is 1.56. The maximum Gasteiger partial charge on any atom is 0.260 e. The zero-order chi connectivity index (χ0) is 18.9. The van der Waals surface area contributed by atoms with Gasteiger partial charge in [0, 0.05) is 20.3 Å². The van der Waals surface area contributed by atoms with E-state index in [9.17, 15) is 4.79 Å². The van der Waals surface area contributed by atoms with Crippen molar-refractivity contribution in [1.82, 2.24) is 4.90 Å². The third-order valence-corrected chi connectivity index (χ3v) is 6.48. The average molecular weight is 373 g/mol. The highest BCUT2D eigenvalue weighted by atomic mass is 16.5. The Morgan fingerprint density at radius 3 is 2.85 bits per heavy atom. The highest BCUT2D eigenvalue weighted by Gasteiger charge is 2.52. The number of hydrogen-bond donors (Lipinski definition) is 0. The van der Waals surface area contributed by atoms with Gasteiger partial charge in [-0.25, -0.2) is 0 Å². The van der Waals surface area contributed by atoms with Gasteiger partial charge in [0.1, 0.15) is 5.75 Å². The molecule has 27 heavy (non-hydrogen) atoms. The molecular formula is C22H31NO4. The van der Waals surface area contributed by atoms with E-state index in [4.69, 9.17) is 14.2 Å². The van der Waals surface area contributed by atoms with E-state index < -0.39 is 0 Å². The van der Waals surface area contributed by atoms with Crippen LogP contribution in [0.15, 0.2) is 24.3 Å².